The quantitative estimate of drug-likeness (QED) is 0.101. The standard InChI is InChI=1S/C46H49F2N9O5/c47-37-19-29(20-38(48)36(37)22-33-24-49-15-18-62-33)34-5-4-6-39-44(34)53-40(25-51-39)30-23-52-57(27-30)32-12-16-55(17-13-32)43(59)7-2-1-3-14-50-31-9-8-28-26-56(46(61)35(28)21-31)41-10-11-42(58)54-45(41)60/h4-6,8-9,19-21,23,25,27,32-33,41,49-50H,1-3,7,10-18,22,24,26H2,(H,54,58,60). The fourth-order valence-electron chi connectivity index (χ4n) is 9.02. The number of morpholine rings is 1. The van der Waals surface area contributed by atoms with Crippen LogP contribution in [0.5, 0.6) is 0 Å². The normalized spacial score (nSPS) is 19.5. The Morgan fingerprint density at radius 2 is 1.77 bits per heavy atom. The number of para-hydroxylation sites is 1. The molecule has 0 spiro atoms. The number of rotatable bonds is 13. The van der Waals surface area contributed by atoms with E-state index >= 15 is 8.78 Å². The fourth-order valence-corrected chi connectivity index (χ4v) is 9.02. The van der Waals surface area contributed by atoms with E-state index in [1.807, 2.05) is 40.0 Å². The lowest BCUT2D eigenvalue weighted by Crippen LogP contribution is -2.52. The van der Waals surface area contributed by atoms with Crippen LogP contribution in [-0.4, -0.2) is 105 Å². The van der Waals surface area contributed by atoms with Gasteiger partial charge in [-0.2, -0.15) is 5.10 Å². The summed E-state index contributed by atoms with van der Waals surface area (Å²) in [5.74, 6) is -2.00. The van der Waals surface area contributed by atoms with Crippen molar-refractivity contribution < 1.29 is 32.7 Å². The van der Waals surface area contributed by atoms with Crippen molar-refractivity contribution >= 4 is 40.3 Å². The highest BCUT2D eigenvalue weighted by Crippen LogP contribution is 2.33. The van der Waals surface area contributed by atoms with E-state index in [4.69, 9.17) is 9.72 Å². The van der Waals surface area contributed by atoms with Crippen LogP contribution in [0.3, 0.4) is 0 Å². The van der Waals surface area contributed by atoms with E-state index < -0.39 is 23.6 Å². The molecule has 9 rings (SSSR count). The molecule has 16 heteroatoms. The minimum absolute atomic E-state index is 0.0100. The molecule has 62 heavy (non-hydrogen) atoms. The van der Waals surface area contributed by atoms with E-state index in [1.165, 1.54) is 12.1 Å². The number of piperidine rings is 2. The molecule has 0 aliphatic carbocycles. The number of fused-ring (bicyclic) bond motifs is 2. The zero-order chi connectivity index (χ0) is 42.7. The van der Waals surface area contributed by atoms with Crippen LogP contribution in [0.15, 0.2) is 67.1 Å². The monoisotopic (exact) mass is 845 g/mol. The minimum atomic E-state index is -0.635. The summed E-state index contributed by atoms with van der Waals surface area (Å²) in [6.45, 7) is 4.12. The summed E-state index contributed by atoms with van der Waals surface area (Å²) in [6, 6.07) is 13.3. The van der Waals surface area contributed by atoms with Crippen LogP contribution < -0.4 is 16.0 Å². The fraction of sp³-hybridized carbons (Fsp3) is 0.413. The van der Waals surface area contributed by atoms with Gasteiger partial charge in [-0.05, 0) is 73.6 Å². The third-order valence-corrected chi connectivity index (χ3v) is 12.5. The Morgan fingerprint density at radius 3 is 2.56 bits per heavy atom. The number of nitrogens with zero attached hydrogens (tertiary/aromatic N) is 6. The molecular formula is C46H49F2N9O5. The van der Waals surface area contributed by atoms with Crippen molar-refractivity contribution in [3.8, 4) is 22.4 Å². The van der Waals surface area contributed by atoms with Gasteiger partial charge in [-0.3, -0.25) is 34.2 Å². The highest BCUT2D eigenvalue weighted by atomic mass is 19.1. The van der Waals surface area contributed by atoms with Crippen LogP contribution >= 0.6 is 0 Å². The Hall–Kier alpha value is -6.13. The van der Waals surface area contributed by atoms with Crippen molar-refractivity contribution in [3.05, 3.63) is 95.4 Å². The number of imide groups is 1. The second kappa shape index (κ2) is 18.1. The molecule has 3 fully saturated rings. The molecule has 4 aliphatic rings. The lowest BCUT2D eigenvalue weighted by molar-refractivity contribution is -0.137. The Bertz CT molecular complexity index is 2490. The average Bonchev–Trinajstić information content (AvgIpc) is 3.91. The lowest BCUT2D eigenvalue weighted by atomic mass is 9.98. The molecule has 14 nitrogen and oxygen atoms in total. The summed E-state index contributed by atoms with van der Waals surface area (Å²) in [7, 11) is 0. The van der Waals surface area contributed by atoms with Gasteiger partial charge in [0, 0.05) is 92.7 Å². The molecule has 4 amide bonds. The first-order valence-corrected chi connectivity index (χ1v) is 21.6. The number of benzene rings is 3. The minimum Gasteiger partial charge on any atom is -0.385 e. The zero-order valence-corrected chi connectivity index (χ0v) is 34.4. The van der Waals surface area contributed by atoms with Gasteiger partial charge in [0.25, 0.3) is 5.91 Å². The summed E-state index contributed by atoms with van der Waals surface area (Å²) in [5.41, 5.74) is 5.75. The number of anilines is 1. The number of hydrogen-bond donors (Lipinski definition) is 3. The third-order valence-electron chi connectivity index (χ3n) is 12.5. The van der Waals surface area contributed by atoms with Crippen molar-refractivity contribution in [2.45, 2.75) is 82.5 Å². The van der Waals surface area contributed by atoms with Crippen LogP contribution in [0.4, 0.5) is 14.5 Å². The highest BCUT2D eigenvalue weighted by Gasteiger charge is 2.39. The maximum Gasteiger partial charge on any atom is 0.255 e. The maximum atomic E-state index is 15.4. The molecule has 0 radical (unpaired) electrons. The summed E-state index contributed by atoms with van der Waals surface area (Å²) in [4.78, 5) is 63.2. The van der Waals surface area contributed by atoms with Gasteiger partial charge < -0.3 is 25.2 Å². The molecule has 4 aliphatic heterocycles. The second-order valence-corrected chi connectivity index (χ2v) is 16.6. The molecule has 6 heterocycles. The first-order valence-electron chi connectivity index (χ1n) is 21.6. The van der Waals surface area contributed by atoms with E-state index in [0.29, 0.717) is 85.6 Å². The van der Waals surface area contributed by atoms with E-state index in [2.05, 4.69) is 26.0 Å². The van der Waals surface area contributed by atoms with E-state index in [1.54, 1.807) is 29.4 Å². The number of aromatic nitrogens is 4. The van der Waals surface area contributed by atoms with Gasteiger partial charge >= 0.3 is 0 Å². The number of carbonyl (C=O) groups is 4. The van der Waals surface area contributed by atoms with Crippen molar-refractivity contribution in [2.24, 2.45) is 0 Å². The molecular weight excluding hydrogens is 797 g/mol. The number of unbranched alkanes of at least 4 members (excludes halogenated alkanes) is 2. The summed E-state index contributed by atoms with van der Waals surface area (Å²) >= 11 is 0. The maximum absolute atomic E-state index is 15.4. The Balaban J connectivity index is 0.735. The first-order chi connectivity index (χ1) is 30.2. The topological polar surface area (TPSA) is 164 Å². The molecule has 2 unspecified atom stereocenters. The third kappa shape index (κ3) is 8.79. The van der Waals surface area contributed by atoms with Gasteiger partial charge in [0.15, 0.2) is 0 Å². The summed E-state index contributed by atoms with van der Waals surface area (Å²) in [6.07, 6.45) is 10.4. The molecule has 3 aromatic carbocycles. The van der Waals surface area contributed by atoms with E-state index in [9.17, 15) is 19.2 Å². The lowest BCUT2D eigenvalue weighted by Gasteiger charge is -2.32. The summed E-state index contributed by atoms with van der Waals surface area (Å²) in [5, 5.41) is 13.6. The molecule has 322 valence electrons. The number of likely N-dealkylation sites (tertiary alicyclic amines) is 1. The van der Waals surface area contributed by atoms with Crippen molar-refractivity contribution in [2.75, 3.05) is 44.6 Å². The predicted molar refractivity (Wildman–Crippen MR) is 227 cm³/mol. The summed E-state index contributed by atoms with van der Waals surface area (Å²) < 4.78 is 38.4. The number of halogens is 2. The van der Waals surface area contributed by atoms with Crippen LogP contribution in [-0.2, 0) is 32.1 Å². The van der Waals surface area contributed by atoms with Gasteiger partial charge in [0.2, 0.25) is 17.7 Å². The smallest absolute Gasteiger partial charge is 0.255 e. The number of ether oxygens (including phenoxy) is 1. The van der Waals surface area contributed by atoms with Crippen LogP contribution in [0.1, 0.15) is 78.9 Å². The molecule has 5 aromatic rings. The van der Waals surface area contributed by atoms with E-state index in [-0.39, 0.29) is 48.3 Å². The first kappa shape index (κ1) is 41.2. The van der Waals surface area contributed by atoms with Gasteiger partial charge in [-0.15, -0.1) is 0 Å². The number of nitrogens with one attached hydrogen (secondary N) is 3. The number of carbonyl (C=O) groups excluding carboxylic acids is 4. The molecule has 3 saturated heterocycles. The van der Waals surface area contributed by atoms with Crippen LogP contribution in [0.25, 0.3) is 33.4 Å². The zero-order valence-electron chi connectivity index (χ0n) is 34.4. The second-order valence-electron chi connectivity index (χ2n) is 16.6. The Labute approximate surface area is 357 Å². The van der Waals surface area contributed by atoms with Crippen LogP contribution in [0.2, 0.25) is 0 Å². The van der Waals surface area contributed by atoms with Crippen LogP contribution in [0, 0.1) is 11.6 Å². The molecule has 0 bridgehead atoms. The Kier molecular flexibility index (Phi) is 12.0. The predicted octanol–water partition coefficient (Wildman–Crippen LogP) is 5.57. The van der Waals surface area contributed by atoms with Crippen molar-refractivity contribution in [1.29, 1.82) is 0 Å². The van der Waals surface area contributed by atoms with Crippen molar-refractivity contribution in [1.82, 2.24) is 40.2 Å². The average molecular weight is 846 g/mol. The van der Waals surface area contributed by atoms with E-state index in [0.717, 1.165) is 55.5 Å². The largest absolute Gasteiger partial charge is 0.385 e. The van der Waals surface area contributed by atoms with Gasteiger partial charge in [0.1, 0.15) is 17.7 Å². The molecule has 2 atom stereocenters. The van der Waals surface area contributed by atoms with Gasteiger partial charge in [0.05, 0.1) is 47.9 Å². The SMILES string of the molecule is O=C1CCC(N2Cc3ccc(NCCCCCC(=O)N4CCC(n5cc(-c6cnc7cccc(-c8cc(F)c(CC9CNCCO9)c(F)c8)c7n6)cn5)CC4)cc3C2=O)C(=O)N1. The highest BCUT2D eigenvalue weighted by molar-refractivity contribution is 6.05. The van der Waals surface area contributed by atoms with Gasteiger partial charge in [-0.1, -0.05) is 24.6 Å². The molecule has 2 aromatic heterocycles. The number of amides is 4. The Morgan fingerprint density at radius 1 is 0.935 bits per heavy atom. The van der Waals surface area contributed by atoms with Gasteiger partial charge in [-0.25, -0.2) is 13.8 Å². The van der Waals surface area contributed by atoms with Crippen molar-refractivity contribution in [3.63, 3.8) is 0 Å². The molecule has 0 saturated carbocycles. The number of hydrogen-bond acceptors (Lipinski definition) is 10. The molecule has 3 N–H and O–H groups in total.